The summed E-state index contributed by atoms with van der Waals surface area (Å²) in [6.45, 7) is 8.79. The number of nitrogens with zero attached hydrogens (tertiary/aromatic N) is 3. The third kappa shape index (κ3) is 6.46. The quantitative estimate of drug-likeness (QED) is 0.324. The predicted molar refractivity (Wildman–Crippen MR) is 161 cm³/mol. The number of rotatable bonds is 5. The number of thioether (sulfide) groups is 2. The van der Waals surface area contributed by atoms with Crippen LogP contribution in [0, 0.1) is 6.92 Å². The number of ether oxygens (including phenoxy) is 1. The average molecular weight is 606 g/mol. The SMILES string of the molecule is CCn1c(=O)/c(=C2/Sc3ccc(OC)cc3N2C)s/c1=C/C1=[N+](CC)CCS1.Cc1ccc(S(=O)(=O)[O-])cc1. The zero-order valence-electron chi connectivity index (χ0n) is 22.5. The van der Waals surface area contributed by atoms with Crippen LogP contribution in [0.1, 0.15) is 19.4 Å². The number of benzene rings is 2. The fourth-order valence-corrected chi connectivity index (χ4v) is 8.24. The minimum absolute atomic E-state index is 0.0968. The van der Waals surface area contributed by atoms with Gasteiger partial charge in [0.05, 0.1) is 29.5 Å². The van der Waals surface area contributed by atoms with E-state index in [9.17, 15) is 17.8 Å². The van der Waals surface area contributed by atoms with Crippen molar-refractivity contribution < 1.29 is 22.3 Å². The van der Waals surface area contributed by atoms with Crippen molar-refractivity contribution in [1.29, 1.82) is 0 Å². The van der Waals surface area contributed by atoms with Crippen molar-refractivity contribution in [3.63, 3.8) is 0 Å². The normalized spacial score (nSPS) is 16.9. The molecule has 5 rings (SSSR count). The van der Waals surface area contributed by atoms with E-state index in [-0.39, 0.29) is 10.5 Å². The summed E-state index contributed by atoms with van der Waals surface area (Å²) < 4.78 is 42.6. The minimum Gasteiger partial charge on any atom is -0.744 e. The van der Waals surface area contributed by atoms with Gasteiger partial charge in [0, 0.05) is 24.6 Å². The van der Waals surface area contributed by atoms with Gasteiger partial charge in [0.2, 0.25) is 5.04 Å². The van der Waals surface area contributed by atoms with E-state index < -0.39 is 10.1 Å². The lowest BCUT2D eigenvalue weighted by Gasteiger charge is -2.13. The van der Waals surface area contributed by atoms with Crippen LogP contribution >= 0.6 is 34.9 Å². The van der Waals surface area contributed by atoms with Crippen molar-refractivity contribution in [2.45, 2.75) is 37.1 Å². The van der Waals surface area contributed by atoms with Crippen LogP contribution in [0.25, 0.3) is 11.1 Å². The fraction of sp³-hybridized carbons (Fsp3) is 0.333. The predicted octanol–water partition coefficient (Wildman–Crippen LogP) is 3.10. The van der Waals surface area contributed by atoms with E-state index >= 15 is 0 Å². The summed E-state index contributed by atoms with van der Waals surface area (Å²) in [4.78, 5) is 16.3. The van der Waals surface area contributed by atoms with Gasteiger partial charge in [-0.1, -0.05) is 41.2 Å². The van der Waals surface area contributed by atoms with Gasteiger partial charge in [0.25, 0.3) is 5.56 Å². The molecule has 8 nitrogen and oxygen atoms in total. The molecule has 0 amide bonds. The van der Waals surface area contributed by atoms with Gasteiger partial charge >= 0.3 is 0 Å². The summed E-state index contributed by atoms with van der Waals surface area (Å²) in [6.07, 6.45) is 2.19. The Bertz CT molecular complexity index is 1690. The summed E-state index contributed by atoms with van der Waals surface area (Å²) in [7, 11) is -0.574. The molecule has 0 atom stereocenters. The molecular weight excluding hydrogens is 575 g/mol. The lowest BCUT2D eigenvalue weighted by molar-refractivity contribution is -0.512. The molecule has 0 N–H and O–H groups in total. The Morgan fingerprint density at radius 2 is 1.87 bits per heavy atom. The van der Waals surface area contributed by atoms with Crippen LogP contribution in [0.4, 0.5) is 5.69 Å². The molecule has 2 aliphatic heterocycles. The Balaban J connectivity index is 0.000000270. The lowest BCUT2D eigenvalue weighted by atomic mass is 10.2. The number of hydrogen-bond acceptors (Lipinski definition) is 9. The van der Waals surface area contributed by atoms with Gasteiger partial charge in [-0.2, -0.15) is 0 Å². The van der Waals surface area contributed by atoms with Crippen molar-refractivity contribution in [3.8, 4) is 5.75 Å². The summed E-state index contributed by atoms with van der Waals surface area (Å²) in [6, 6.07) is 11.8. The molecule has 0 radical (unpaired) electrons. The number of aromatic nitrogens is 1. The molecular formula is C27H31N3O5S4. The first-order valence-electron chi connectivity index (χ1n) is 12.4. The molecule has 208 valence electrons. The second-order valence-electron chi connectivity index (χ2n) is 8.80. The van der Waals surface area contributed by atoms with E-state index in [4.69, 9.17) is 4.74 Å². The maximum absolute atomic E-state index is 13.2. The number of hydrogen-bond donors (Lipinski definition) is 0. The summed E-state index contributed by atoms with van der Waals surface area (Å²) in [5.74, 6) is 1.94. The van der Waals surface area contributed by atoms with E-state index in [2.05, 4.69) is 28.5 Å². The Kier molecular flexibility index (Phi) is 9.33. The van der Waals surface area contributed by atoms with E-state index in [1.54, 1.807) is 42.3 Å². The van der Waals surface area contributed by atoms with Crippen molar-refractivity contribution >= 4 is 66.8 Å². The molecule has 0 aliphatic carbocycles. The average Bonchev–Trinajstić information content (AvgIpc) is 3.59. The molecule has 1 aromatic heterocycles. The molecule has 39 heavy (non-hydrogen) atoms. The molecule has 0 saturated carbocycles. The fourth-order valence-electron chi connectivity index (χ4n) is 4.14. The zero-order chi connectivity index (χ0) is 28.3. The van der Waals surface area contributed by atoms with Crippen molar-refractivity contribution in [3.05, 3.63) is 67.6 Å². The number of aryl methyl sites for hydroxylation is 1. The topological polar surface area (TPSA) is 94.7 Å². The van der Waals surface area contributed by atoms with Crippen molar-refractivity contribution in [1.82, 2.24) is 4.57 Å². The third-order valence-electron chi connectivity index (χ3n) is 6.32. The monoisotopic (exact) mass is 605 g/mol. The second-order valence-corrected chi connectivity index (χ2v) is 13.4. The highest BCUT2D eigenvalue weighted by Crippen LogP contribution is 2.46. The first kappa shape index (κ1) is 29.5. The Hall–Kier alpha value is -2.51. The highest BCUT2D eigenvalue weighted by molar-refractivity contribution is 8.14. The second kappa shape index (κ2) is 12.3. The van der Waals surface area contributed by atoms with Crippen LogP contribution in [0.3, 0.4) is 0 Å². The van der Waals surface area contributed by atoms with E-state index in [1.165, 1.54) is 17.2 Å². The molecule has 3 heterocycles. The van der Waals surface area contributed by atoms with Crippen LogP contribution in [0.2, 0.25) is 0 Å². The van der Waals surface area contributed by atoms with Crippen LogP contribution in [-0.2, 0) is 16.7 Å². The van der Waals surface area contributed by atoms with Gasteiger partial charge in [-0.05, 0) is 45.0 Å². The maximum atomic E-state index is 13.2. The van der Waals surface area contributed by atoms with Gasteiger partial charge < -0.3 is 14.2 Å². The maximum Gasteiger partial charge on any atom is 0.271 e. The summed E-state index contributed by atoms with van der Waals surface area (Å²) in [5.41, 5.74) is 2.11. The molecule has 0 unspecified atom stereocenters. The Morgan fingerprint density at radius 3 is 2.49 bits per heavy atom. The largest absolute Gasteiger partial charge is 0.744 e. The molecule has 3 aromatic rings. The van der Waals surface area contributed by atoms with Gasteiger partial charge in [-0.15, -0.1) is 11.3 Å². The highest BCUT2D eigenvalue weighted by Gasteiger charge is 2.26. The molecule has 0 fully saturated rings. The lowest BCUT2D eigenvalue weighted by Crippen LogP contribution is -2.33. The van der Waals surface area contributed by atoms with Crippen LogP contribution in [0.15, 0.2) is 57.1 Å². The van der Waals surface area contributed by atoms with Crippen molar-refractivity contribution in [2.24, 2.45) is 0 Å². The first-order chi connectivity index (χ1) is 18.6. The third-order valence-corrected chi connectivity index (χ3v) is 10.7. The molecule has 0 saturated heterocycles. The molecule has 0 bridgehead atoms. The number of thiazole rings is 1. The molecule has 0 spiro atoms. The number of anilines is 1. The highest BCUT2D eigenvalue weighted by atomic mass is 32.2. The van der Waals surface area contributed by atoms with Crippen LogP contribution < -0.4 is 24.4 Å². The van der Waals surface area contributed by atoms with Gasteiger partial charge in [-0.25, -0.2) is 13.0 Å². The number of fused-ring (bicyclic) bond motifs is 1. The van der Waals surface area contributed by atoms with Crippen LogP contribution in [-0.4, -0.2) is 60.2 Å². The summed E-state index contributed by atoms with van der Waals surface area (Å²) >= 11 is 5.13. The van der Waals surface area contributed by atoms with Crippen molar-refractivity contribution in [2.75, 3.05) is 37.9 Å². The van der Waals surface area contributed by atoms with E-state index in [0.717, 1.165) is 55.0 Å². The standard InChI is InChI=1S/C20H24N3O2S3.C7H8O3S/c1-5-22-9-10-26-16(22)12-17-23(6-2)19(24)18(28-17)20-21(3)14-11-13(25-4)7-8-15(14)27-20;1-6-2-4-7(5-3-6)11(8,9)10/h7-8,11-12H,5-6,9-10H2,1-4H3;2-5H,1H3,(H,8,9,10)/q+1;/p-1/b20-18-;. The molecule has 12 heteroatoms. The Morgan fingerprint density at radius 1 is 1.15 bits per heavy atom. The number of methoxy groups -OCH3 is 1. The Labute approximate surface area is 241 Å². The smallest absolute Gasteiger partial charge is 0.271 e. The summed E-state index contributed by atoms with van der Waals surface area (Å²) in [5, 5.41) is 2.26. The first-order valence-corrected chi connectivity index (χ1v) is 16.4. The van der Waals surface area contributed by atoms with Crippen LogP contribution in [0.5, 0.6) is 5.75 Å². The van der Waals surface area contributed by atoms with Gasteiger partial charge in [0.15, 0.2) is 6.54 Å². The molecule has 2 aromatic carbocycles. The van der Waals surface area contributed by atoms with Gasteiger partial charge in [-0.3, -0.25) is 9.36 Å². The zero-order valence-corrected chi connectivity index (χ0v) is 25.7. The molecule has 2 aliphatic rings. The van der Waals surface area contributed by atoms with Gasteiger partial charge in [0.1, 0.15) is 36.6 Å². The van der Waals surface area contributed by atoms with E-state index in [0.29, 0.717) is 6.54 Å². The van der Waals surface area contributed by atoms with E-state index in [1.807, 2.05) is 49.4 Å². The minimum atomic E-state index is -4.27.